The number of rotatable bonds is 10. The second-order valence-electron chi connectivity index (χ2n) is 6.15. The standard InChI is InChI=1S/C21H28N2O3.ClH/c1-17(26-16-19-9-6-10-20(15-19)25-2)21(24)23(14-12-22)13-11-18-7-4-3-5-8-18;/h3-10,15,17H,11-14,16,22H2,1-2H3;1H. The van der Waals surface area contributed by atoms with Gasteiger partial charge in [-0.1, -0.05) is 42.5 Å². The third-order valence-corrected chi connectivity index (χ3v) is 4.21. The Labute approximate surface area is 167 Å². The first-order valence-corrected chi connectivity index (χ1v) is 8.91. The Morgan fingerprint density at radius 2 is 1.78 bits per heavy atom. The summed E-state index contributed by atoms with van der Waals surface area (Å²) < 4.78 is 11.0. The SMILES string of the molecule is COc1cccc(COC(C)C(=O)N(CCN)CCc2ccccc2)c1.Cl. The molecule has 2 rings (SSSR count). The van der Waals surface area contributed by atoms with Gasteiger partial charge in [-0.3, -0.25) is 4.79 Å². The Bertz CT molecular complexity index is 682. The highest BCUT2D eigenvalue weighted by molar-refractivity contribution is 5.85. The van der Waals surface area contributed by atoms with Crippen molar-refractivity contribution in [2.75, 3.05) is 26.7 Å². The zero-order valence-electron chi connectivity index (χ0n) is 16.0. The summed E-state index contributed by atoms with van der Waals surface area (Å²) in [6.07, 6.45) is 0.276. The predicted molar refractivity (Wildman–Crippen MR) is 110 cm³/mol. The Hall–Kier alpha value is -2.08. The van der Waals surface area contributed by atoms with E-state index in [2.05, 4.69) is 12.1 Å². The van der Waals surface area contributed by atoms with Gasteiger partial charge in [-0.25, -0.2) is 0 Å². The van der Waals surface area contributed by atoms with Crippen molar-refractivity contribution in [1.82, 2.24) is 4.90 Å². The smallest absolute Gasteiger partial charge is 0.251 e. The molecule has 1 amide bonds. The lowest BCUT2D eigenvalue weighted by Gasteiger charge is -2.25. The van der Waals surface area contributed by atoms with Gasteiger partial charge in [0, 0.05) is 19.6 Å². The van der Waals surface area contributed by atoms with Crippen molar-refractivity contribution >= 4 is 18.3 Å². The summed E-state index contributed by atoms with van der Waals surface area (Å²) in [5.74, 6) is 0.743. The van der Waals surface area contributed by atoms with Gasteiger partial charge in [0.15, 0.2) is 0 Å². The van der Waals surface area contributed by atoms with Crippen LogP contribution in [-0.4, -0.2) is 43.7 Å². The molecule has 0 aliphatic heterocycles. The van der Waals surface area contributed by atoms with Gasteiger partial charge >= 0.3 is 0 Å². The third-order valence-electron chi connectivity index (χ3n) is 4.21. The number of carbonyl (C=O) groups is 1. The summed E-state index contributed by atoms with van der Waals surface area (Å²) in [6.45, 7) is 3.74. The average Bonchev–Trinajstić information content (AvgIpc) is 2.69. The van der Waals surface area contributed by atoms with Crippen LogP contribution in [-0.2, 0) is 22.6 Å². The monoisotopic (exact) mass is 392 g/mol. The van der Waals surface area contributed by atoms with Gasteiger partial charge in [-0.2, -0.15) is 0 Å². The van der Waals surface area contributed by atoms with E-state index in [-0.39, 0.29) is 18.3 Å². The second-order valence-corrected chi connectivity index (χ2v) is 6.15. The van der Waals surface area contributed by atoms with Crippen molar-refractivity contribution in [3.8, 4) is 5.75 Å². The van der Waals surface area contributed by atoms with Crippen LogP contribution in [0.3, 0.4) is 0 Å². The van der Waals surface area contributed by atoms with Crippen molar-refractivity contribution < 1.29 is 14.3 Å². The summed E-state index contributed by atoms with van der Waals surface area (Å²) in [5, 5.41) is 0. The quantitative estimate of drug-likeness (QED) is 0.674. The molecular weight excluding hydrogens is 364 g/mol. The first-order valence-electron chi connectivity index (χ1n) is 8.91. The molecular formula is C21H29ClN2O3. The number of hydrogen-bond donors (Lipinski definition) is 1. The van der Waals surface area contributed by atoms with Crippen LogP contribution in [0.15, 0.2) is 54.6 Å². The van der Waals surface area contributed by atoms with E-state index in [1.807, 2.05) is 42.5 Å². The van der Waals surface area contributed by atoms with Crippen molar-refractivity contribution in [3.05, 3.63) is 65.7 Å². The minimum atomic E-state index is -0.525. The van der Waals surface area contributed by atoms with Gasteiger partial charge in [0.2, 0.25) is 0 Å². The Morgan fingerprint density at radius 3 is 2.44 bits per heavy atom. The molecule has 0 saturated carbocycles. The molecule has 2 aromatic rings. The van der Waals surface area contributed by atoms with E-state index in [0.29, 0.717) is 26.2 Å². The molecule has 0 saturated heterocycles. The molecule has 0 fully saturated rings. The van der Waals surface area contributed by atoms with Crippen LogP contribution in [0, 0.1) is 0 Å². The second kappa shape index (κ2) is 12.3. The van der Waals surface area contributed by atoms with Gasteiger partial charge in [-0.15, -0.1) is 12.4 Å². The lowest BCUT2D eigenvalue weighted by molar-refractivity contribution is -0.143. The minimum absolute atomic E-state index is 0. The molecule has 6 heteroatoms. The molecule has 27 heavy (non-hydrogen) atoms. The van der Waals surface area contributed by atoms with Crippen molar-refractivity contribution in [1.29, 1.82) is 0 Å². The molecule has 2 aromatic carbocycles. The normalized spacial score (nSPS) is 11.4. The Morgan fingerprint density at radius 1 is 1.07 bits per heavy atom. The number of methoxy groups -OCH3 is 1. The van der Waals surface area contributed by atoms with E-state index in [9.17, 15) is 4.79 Å². The number of hydrogen-bond acceptors (Lipinski definition) is 4. The maximum Gasteiger partial charge on any atom is 0.251 e. The lowest BCUT2D eigenvalue weighted by Crippen LogP contribution is -2.42. The first-order chi connectivity index (χ1) is 12.6. The van der Waals surface area contributed by atoms with Crippen molar-refractivity contribution in [2.24, 2.45) is 5.73 Å². The Kier molecular flexibility index (Phi) is 10.5. The average molecular weight is 393 g/mol. The molecule has 2 N–H and O–H groups in total. The number of benzene rings is 2. The number of nitrogens with zero attached hydrogens (tertiary/aromatic N) is 1. The highest BCUT2D eigenvalue weighted by Crippen LogP contribution is 2.14. The highest BCUT2D eigenvalue weighted by Gasteiger charge is 2.20. The van der Waals surface area contributed by atoms with E-state index >= 15 is 0 Å². The van der Waals surface area contributed by atoms with Crippen molar-refractivity contribution in [2.45, 2.75) is 26.1 Å². The number of nitrogens with two attached hydrogens (primary N) is 1. The van der Waals surface area contributed by atoms with Gasteiger partial charge in [0.1, 0.15) is 11.9 Å². The molecule has 0 bridgehead atoms. The number of amides is 1. The summed E-state index contributed by atoms with van der Waals surface area (Å²) in [6, 6.07) is 17.8. The van der Waals surface area contributed by atoms with Gasteiger partial charge in [0.05, 0.1) is 13.7 Å². The fourth-order valence-corrected chi connectivity index (χ4v) is 2.71. The number of halogens is 1. The fraction of sp³-hybridized carbons (Fsp3) is 0.381. The molecule has 0 aliphatic carbocycles. The topological polar surface area (TPSA) is 64.8 Å². The molecule has 0 spiro atoms. The Balaban J connectivity index is 0.00000364. The molecule has 5 nitrogen and oxygen atoms in total. The predicted octanol–water partition coefficient (Wildman–Crippen LogP) is 3.05. The van der Waals surface area contributed by atoms with Crippen LogP contribution in [0.4, 0.5) is 0 Å². The maximum absolute atomic E-state index is 12.7. The van der Waals surface area contributed by atoms with E-state index < -0.39 is 6.10 Å². The number of carbonyl (C=O) groups excluding carboxylic acids is 1. The van der Waals surface area contributed by atoms with Crippen molar-refractivity contribution in [3.63, 3.8) is 0 Å². The minimum Gasteiger partial charge on any atom is -0.497 e. The zero-order valence-corrected chi connectivity index (χ0v) is 16.8. The largest absolute Gasteiger partial charge is 0.497 e. The molecule has 0 heterocycles. The summed E-state index contributed by atoms with van der Waals surface area (Å²) >= 11 is 0. The molecule has 0 aliphatic rings. The fourth-order valence-electron chi connectivity index (χ4n) is 2.71. The van der Waals surface area contributed by atoms with Crippen LogP contribution in [0.25, 0.3) is 0 Å². The number of ether oxygens (including phenoxy) is 2. The van der Waals surface area contributed by atoms with E-state index in [1.165, 1.54) is 5.56 Å². The first kappa shape index (κ1) is 23.0. The zero-order chi connectivity index (χ0) is 18.8. The highest BCUT2D eigenvalue weighted by atomic mass is 35.5. The summed E-state index contributed by atoms with van der Waals surface area (Å²) in [7, 11) is 1.63. The van der Waals surface area contributed by atoms with E-state index in [0.717, 1.165) is 17.7 Å². The van der Waals surface area contributed by atoms with Crippen LogP contribution >= 0.6 is 12.4 Å². The van der Waals surface area contributed by atoms with Crippen LogP contribution in [0.1, 0.15) is 18.1 Å². The van der Waals surface area contributed by atoms with Gasteiger partial charge in [-0.05, 0) is 36.6 Å². The van der Waals surface area contributed by atoms with E-state index in [1.54, 1.807) is 18.9 Å². The van der Waals surface area contributed by atoms with Crippen LogP contribution in [0.5, 0.6) is 5.75 Å². The van der Waals surface area contributed by atoms with Crippen LogP contribution in [0.2, 0.25) is 0 Å². The molecule has 148 valence electrons. The molecule has 1 atom stereocenters. The lowest BCUT2D eigenvalue weighted by atomic mass is 10.1. The van der Waals surface area contributed by atoms with E-state index in [4.69, 9.17) is 15.2 Å². The molecule has 1 unspecified atom stereocenters. The van der Waals surface area contributed by atoms with Gasteiger partial charge in [0.25, 0.3) is 5.91 Å². The summed E-state index contributed by atoms with van der Waals surface area (Å²) in [5.41, 5.74) is 7.86. The molecule has 0 radical (unpaired) electrons. The third kappa shape index (κ3) is 7.59. The maximum atomic E-state index is 12.7. The summed E-state index contributed by atoms with van der Waals surface area (Å²) in [4.78, 5) is 14.5. The molecule has 0 aromatic heterocycles. The van der Waals surface area contributed by atoms with Gasteiger partial charge < -0.3 is 20.1 Å². The van der Waals surface area contributed by atoms with Crippen LogP contribution < -0.4 is 10.5 Å².